The van der Waals surface area contributed by atoms with Gasteiger partial charge in [-0.1, -0.05) is 24.3 Å². The van der Waals surface area contributed by atoms with Gasteiger partial charge in [0, 0.05) is 11.1 Å². The molecule has 3 aromatic carbocycles. The Bertz CT molecular complexity index is 929. The molecule has 22 heavy (non-hydrogen) atoms. The Morgan fingerprint density at radius 1 is 1.00 bits per heavy atom. The summed E-state index contributed by atoms with van der Waals surface area (Å²) in [5.41, 5.74) is 7.62. The summed E-state index contributed by atoms with van der Waals surface area (Å²) in [7, 11) is 0. The van der Waals surface area contributed by atoms with Crippen molar-refractivity contribution < 1.29 is 4.74 Å². The van der Waals surface area contributed by atoms with Crippen LogP contribution in [0, 0.1) is 0 Å². The van der Waals surface area contributed by atoms with Crippen LogP contribution in [-0.4, -0.2) is 4.98 Å². The van der Waals surface area contributed by atoms with Crippen LogP contribution in [0.1, 0.15) is 5.01 Å². The topological polar surface area (TPSA) is 48.1 Å². The number of hydrogen-bond donors (Lipinski definition) is 1. The highest BCUT2D eigenvalue weighted by Crippen LogP contribution is 2.29. The smallest absolute Gasteiger partial charge is 0.140 e. The molecule has 0 saturated carbocycles. The van der Waals surface area contributed by atoms with Crippen molar-refractivity contribution in [3.8, 4) is 5.75 Å². The van der Waals surface area contributed by atoms with Crippen LogP contribution in [0.5, 0.6) is 5.75 Å². The molecule has 0 bridgehead atoms. The number of hydrogen-bond acceptors (Lipinski definition) is 4. The first-order valence-electron chi connectivity index (χ1n) is 7.05. The van der Waals surface area contributed by atoms with Crippen LogP contribution in [0.3, 0.4) is 0 Å². The summed E-state index contributed by atoms with van der Waals surface area (Å²) >= 11 is 1.67. The molecule has 2 N–H and O–H groups in total. The first-order valence-corrected chi connectivity index (χ1v) is 7.87. The van der Waals surface area contributed by atoms with Crippen LogP contribution in [0.4, 0.5) is 5.69 Å². The minimum absolute atomic E-state index is 0.475. The Balaban J connectivity index is 1.63. The fraction of sp³-hybridized carbons (Fsp3) is 0.0556. The summed E-state index contributed by atoms with van der Waals surface area (Å²) in [4.78, 5) is 4.60. The van der Waals surface area contributed by atoms with Gasteiger partial charge in [-0.05, 0) is 41.8 Å². The molecule has 1 heterocycles. The summed E-state index contributed by atoms with van der Waals surface area (Å²) in [5.74, 6) is 0.858. The number of benzene rings is 3. The Morgan fingerprint density at radius 2 is 1.91 bits per heavy atom. The SMILES string of the molecule is Nc1ccc2c(OCc3nc4ccccc4s3)cccc2c1. The van der Waals surface area contributed by atoms with Gasteiger partial charge in [-0.15, -0.1) is 11.3 Å². The lowest BCUT2D eigenvalue weighted by atomic mass is 10.1. The average Bonchev–Trinajstić information content (AvgIpc) is 2.95. The van der Waals surface area contributed by atoms with Crippen LogP contribution >= 0.6 is 11.3 Å². The molecule has 0 saturated heterocycles. The van der Waals surface area contributed by atoms with Crippen molar-refractivity contribution in [2.24, 2.45) is 0 Å². The van der Waals surface area contributed by atoms with E-state index in [1.807, 2.05) is 54.6 Å². The van der Waals surface area contributed by atoms with Crippen molar-refractivity contribution >= 4 is 38.0 Å². The van der Waals surface area contributed by atoms with E-state index in [2.05, 4.69) is 11.1 Å². The monoisotopic (exact) mass is 306 g/mol. The first-order chi connectivity index (χ1) is 10.8. The third kappa shape index (κ3) is 2.38. The molecule has 0 spiro atoms. The van der Waals surface area contributed by atoms with Gasteiger partial charge in [0.25, 0.3) is 0 Å². The molecule has 0 unspecified atom stereocenters. The molecule has 0 amide bonds. The third-order valence-corrected chi connectivity index (χ3v) is 4.56. The Kier molecular flexibility index (Phi) is 3.16. The molecule has 3 nitrogen and oxygen atoms in total. The van der Waals surface area contributed by atoms with E-state index in [4.69, 9.17) is 10.5 Å². The lowest BCUT2D eigenvalue weighted by Gasteiger charge is -2.08. The molecule has 0 aliphatic heterocycles. The standard InChI is InChI=1S/C18H14N2OS/c19-13-8-9-14-12(10-13)4-3-6-16(14)21-11-18-20-15-5-1-2-7-17(15)22-18/h1-10H,11,19H2. The number of aromatic nitrogens is 1. The number of anilines is 1. The van der Waals surface area contributed by atoms with E-state index in [1.165, 1.54) is 4.70 Å². The first kappa shape index (κ1) is 13.1. The molecule has 0 atom stereocenters. The predicted molar refractivity (Wildman–Crippen MR) is 92.3 cm³/mol. The lowest BCUT2D eigenvalue weighted by Crippen LogP contribution is -1.95. The van der Waals surface area contributed by atoms with Crippen molar-refractivity contribution in [3.63, 3.8) is 0 Å². The summed E-state index contributed by atoms with van der Waals surface area (Å²) in [6, 6.07) is 20.0. The van der Waals surface area contributed by atoms with Crippen molar-refractivity contribution in [1.29, 1.82) is 0 Å². The number of nitrogens with two attached hydrogens (primary N) is 1. The van der Waals surface area contributed by atoms with Crippen molar-refractivity contribution in [2.75, 3.05) is 5.73 Å². The molecule has 4 aromatic rings. The zero-order valence-electron chi connectivity index (χ0n) is 11.8. The fourth-order valence-electron chi connectivity index (χ4n) is 2.52. The van der Waals surface area contributed by atoms with Gasteiger partial charge in [0.05, 0.1) is 10.2 Å². The summed E-state index contributed by atoms with van der Waals surface area (Å²) in [6.07, 6.45) is 0. The highest BCUT2D eigenvalue weighted by atomic mass is 32.1. The van der Waals surface area contributed by atoms with Gasteiger partial charge in [-0.3, -0.25) is 0 Å². The largest absolute Gasteiger partial charge is 0.486 e. The van der Waals surface area contributed by atoms with E-state index in [0.717, 1.165) is 32.7 Å². The van der Waals surface area contributed by atoms with Crippen LogP contribution < -0.4 is 10.5 Å². The molecule has 1 aromatic heterocycles. The molecule has 108 valence electrons. The lowest BCUT2D eigenvalue weighted by molar-refractivity contribution is 0.309. The maximum absolute atomic E-state index is 5.98. The minimum Gasteiger partial charge on any atom is -0.486 e. The van der Waals surface area contributed by atoms with Crippen LogP contribution in [-0.2, 0) is 6.61 Å². The maximum Gasteiger partial charge on any atom is 0.140 e. The van der Waals surface area contributed by atoms with Gasteiger partial charge in [-0.25, -0.2) is 4.98 Å². The number of nitrogen functional groups attached to an aromatic ring is 1. The number of fused-ring (bicyclic) bond motifs is 2. The van der Waals surface area contributed by atoms with E-state index in [9.17, 15) is 0 Å². The van der Waals surface area contributed by atoms with E-state index in [0.29, 0.717) is 6.61 Å². The molecular formula is C18H14N2OS. The van der Waals surface area contributed by atoms with Gasteiger partial charge in [0.15, 0.2) is 0 Å². The second-order valence-corrected chi connectivity index (χ2v) is 6.22. The number of para-hydroxylation sites is 1. The van der Waals surface area contributed by atoms with Gasteiger partial charge in [-0.2, -0.15) is 0 Å². The van der Waals surface area contributed by atoms with E-state index in [-0.39, 0.29) is 0 Å². The summed E-state index contributed by atoms with van der Waals surface area (Å²) in [6.45, 7) is 0.475. The molecule has 0 aliphatic rings. The maximum atomic E-state index is 5.98. The molecule has 4 heteroatoms. The average molecular weight is 306 g/mol. The number of thiazole rings is 1. The highest BCUT2D eigenvalue weighted by Gasteiger charge is 2.06. The van der Waals surface area contributed by atoms with Gasteiger partial charge >= 0.3 is 0 Å². The van der Waals surface area contributed by atoms with Crippen LogP contribution in [0.2, 0.25) is 0 Å². The van der Waals surface area contributed by atoms with Crippen LogP contribution in [0.15, 0.2) is 60.7 Å². The number of nitrogens with zero attached hydrogens (tertiary/aromatic N) is 1. The number of rotatable bonds is 3. The normalized spacial score (nSPS) is 11.1. The number of ether oxygens (including phenoxy) is 1. The predicted octanol–water partition coefficient (Wildman–Crippen LogP) is 4.61. The van der Waals surface area contributed by atoms with E-state index < -0.39 is 0 Å². The quantitative estimate of drug-likeness (QED) is 0.562. The summed E-state index contributed by atoms with van der Waals surface area (Å²) < 4.78 is 7.17. The van der Waals surface area contributed by atoms with Gasteiger partial charge in [0.1, 0.15) is 17.4 Å². The zero-order valence-corrected chi connectivity index (χ0v) is 12.6. The Morgan fingerprint density at radius 3 is 2.82 bits per heavy atom. The second kappa shape index (κ2) is 5.31. The zero-order chi connectivity index (χ0) is 14.9. The van der Waals surface area contributed by atoms with Gasteiger partial charge < -0.3 is 10.5 Å². The van der Waals surface area contributed by atoms with Crippen molar-refractivity contribution in [3.05, 3.63) is 65.7 Å². The molecular weight excluding hydrogens is 292 g/mol. The second-order valence-electron chi connectivity index (χ2n) is 5.10. The molecule has 0 radical (unpaired) electrons. The van der Waals surface area contributed by atoms with Crippen molar-refractivity contribution in [1.82, 2.24) is 4.98 Å². The Labute approximate surface area is 132 Å². The van der Waals surface area contributed by atoms with Crippen LogP contribution in [0.25, 0.3) is 21.0 Å². The minimum atomic E-state index is 0.475. The summed E-state index contributed by atoms with van der Waals surface area (Å²) in [5, 5.41) is 3.13. The molecule has 0 aliphatic carbocycles. The van der Waals surface area contributed by atoms with Gasteiger partial charge in [0.2, 0.25) is 0 Å². The molecule has 0 fully saturated rings. The van der Waals surface area contributed by atoms with E-state index >= 15 is 0 Å². The fourth-order valence-corrected chi connectivity index (χ4v) is 3.40. The van der Waals surface area contributed by atoms with E-state index in [1.54, 1.807) is 11.3 Å². The third-order valence-electron chi connectivity index (χ3n) is 3.55. The highest BCUT2D eigenvalue weighted by molar-refractivity contribution is 7.18. The Hall–Kier alpha value is -2.59. The molecule has 4 rings (SSSR count). The van der Waals surface area contributed by atoms with Crippen molar-refractivity contribution in [2.45, 2.75) is 6.61 Å².